The summed E-state index contributed by atoms with van der Waals surface area (Å²) in [7, 11) is 0. The van der Waals surface area contributed by atoms with Crippen LogP contribution in [0.2, 0.25) is 0 Å². The van der Waals surface area contributed by atoms with Crippen LogP contribution >= 0.6 is 11.3 Å². The Balaban J connectivity index is 1.86. The number of benzene rings is 1. The highest BCUT2D eigenvalue weighted by atomic mass is 32.1. The minimum absolute atomic E-state index is 0.0500. The maximum absolute atomic E-state index is 12.2. The Bertz CT molecular complexity index is 644. The molecule has 3 N–H and O–H groups in total. The van der Waals surface area contributed by atoms with Crippen LogP contribution < -0.4 is 15.4 Å². The Morgan fingerprint density at radius 1 is 1.38 bits per heavy atom. The fourth-order valence-corrected chi connectivity index (χ4v) is 3.03. The molecule has 0 saturated heterocycles. The van der Waals surface area contributed by atoms with Crippen molar-refractivity contribution < 1.29 is 14.6 Å². The number of thiophene rings is 1. The number of rotatable bonds is 9. The van der Waals surface area contributed by atoms with Gasteiger partial charge in [-0.3, -0.25) is 4.79 Å². The first-order valence-corrected chi connectivity index (χ1v) is 8.95. The molecular weight excluding hydrogens is 324 g/mol. The minimum atomic E-state index is -0.363. The molecule has 0 fully saturated rings. The van der Waals surface area contributed by atoms with Crippen LogP contribution in [0.15, 0.2) is 35.7 Å². The van der Waals surface area contributed by atoms with Gasteiger partial charge in [0.25, 0.3) is 0 Å². The molecule has 0 aliphatic rings. The fraction of sp³-hybridized carbons (Fsp3) is 0.389. The van der Waals surface area contributed by atoms with Crippen LogP contribution in [0.1, 0.15) is 24.3 Å². The van der Waals surface area contributed by atoms with E-state index in [1.807, 2.05) is 31.4 Å². The predicted octanol–water partition coefficient (Wildman–Crippen LogP) is 2.80. The Kier molecular flexibility index (Phi) is 7.08. The number of nitrogens with one attached hydrogen (secondary N) is 2. The van der Waals surface area contributed by atoms with E-state index in [2.05, 4.69) is 16.7 Å². The standard InChI is InChI=1S/C18H24N2O3S/c1-3-23-17-7-6-15(11-14(17)12-21)20-13(2)18(22)19-9-8-16-5-4-10-24-16/h4-7,10-11,13,20-21H,3,8-9,12H2,1-2H3,(H,19,22)/t13-/m0/s1. The molecule has 1 atom stereocenters. The van der Waals surface area contributed by atoms with Crippen molar-refractivity contribution in [2.24, 2.45) is 0 Å². The van der Waals surface area contributed by atoms with Gasteiger partial charge in [-0.05, 0) is 49.9 Å². The van der Waals surface area contributed by atoms with Crippen LogP contribution in [-0.4, -0.2) is 30.2 Å². The van der Waals surface area contributed by atoms with Crippen LogP contribution in [-0.2, 0) is 17.8 Å². The third kappa shape index (κ3) is 5.25. The maximum Gasteiger partial charge on any atom is 0.242 e. The number of aliphatic hydroxyl groups is 1. The smallest absolute Gasteiger partial charge is 0.242 e. The van der Waals surface area contributed by atoms with E-state index in [1.165, 1.54) is 4.88 Å². The molecule has 2 aromatic rings. The van der Waals surface area contributed by atoms with E-state index in [-0.39, 0.29) is 18.6 Å². The molecule has 0 aliphatic heterocycles. The molecule has 2 rings (SSSR count). The average Bonchev–Trinajstić information content (AvgIpc) is 3.09. The molecule has 6 heteroatoms. The lowest BCUT2D eigenvalue weighted by Gasteiger charge is -2.17. The Morgan fingerprint density at radius 3 is 2.88 bits per heavy atom. The summed E-state index contributed by atoms with van der Waals surface area (Å²) in [6.07, 6.45) is 0.841. The van der Waals surface area contributed by atoms with Crippen LogP contribution in [0.4, 0.5) is 5.69 Å². The third-order valence-electron chi connectivity index (χ3n) is 3.56. The normalized spacial score (nSPS) is 11.8. The number of amides is 1. The Hall–Kier alpha value is -2.05. The highest BCUT2D eigenvalue weighted by molar-refractivity contribution is 7.09. The topological polar surface area (TPSA) is 70.6 Å². The van der Waals surface area contributed by atoms with Gasteiger partial charge in [-0.2, -0.15) is 0 Å². The lowest BCUT2D eigenvalue weighted by Crippen LogP contribution is -2.38. The SMILES string of the molecule is CCOc1ccc(N[C@@H](C)C(=O)NCCc2cccs2)cc1CO. The highest BCUT2D eigenvalue weighted by Crippen LogP contribution is 2.23. The first-order valence-electron chi connectivity index (χ1n) is 8.07. The predicted molar refractivity (Wildman–Crippen MR) is 97.7 cm³/mol. The summed E-state index contributed by atoms with van der Waals surface area (Å²) in [5.41, 5.74) is 1.48. The van der Waals surface area contributed by atoms with Gasteiger partial charge in [0.2, 0.25) is 5.91 Å². The monoisotopic (exact) mass is 348 g/mol. The number of anilines is 1. The second-order valence-electron chi connectivity index (χ2n) is 5.40. The molecule has 0 radical (unpaired) electrons. The molecule has 5 nitrogen and oxygen atoms in total. The van der Waals surface area contributed by atoms with Crippen molar-refractivity contribution in [3.63, 3.8) is 0 Å². The van der Waals surface area contributed by atoms with E-state index >= 15 is 0 Å². The number of hydrogen-bond acceptors (Lipinski definition) is 5. The fourth-order valence-electron chi connectivity index (χ4n) is 2.32. The largest absolute Gasteiger partial charge is 0.494 e. The van der Waals surface area contributed by atoms with Crippen molar-refractivity contribution >= 4 is 22.9 Å². The Labute approximate surface area is 146 Å². The second-order valence-corrected chi connectivity index (χ2v) is 6.43. The summed E-state index contributed by atoms with van der Waals surface area (Å²) in [6.45, 7) is 4.77. The molecule has 1 heterocycles. The summed E-state index contributed by atoms with van der Waals surface area (Å²) in [6, 6.07) is 9.17. The molecule has 0 bridgehead atoms. The Morgan fingerprint density at radius 2 is 2.21 bits per heavy atom. The van der Waals surface area contributed by atoms with Crippen LogP contribution in [0.5, 0.6) is 5.75 Å². The van der Waals surface area contributed by atoms with E-state index in [0.29, 0.717) is 24.5 Å². The van der Waals surface area contributed by atoms with Gasteiger partial charge >= 0.3 is 0 Å². The van der Waals surface area contributed by atoms with Gasteiger partial charge in [-0.1, -0.05) is 6.07 Å². The van der Waals surface area contributed by atoms with Crippen molar-refractivity contribution in [1.29, 1.82) is 0 Å². The third-order valence-corrected chi connectivity index (χ3v) is 4.49. The second kappa shape index (κ2) is 9.30. The molecule has 0 unspecified atom stereocenters. The zero-order chi connectivity index (χ0) is 17.4. The molecule has 1 aromatic heterocycles. The summed E-state index contributed by atoms with van der Waals surface area (Å²) in [5, 5.41) is 17.6. The summed E-state index contributed by atoms with van der Waals surface area (Å²) >= 11 is 1.69. The molecule has 0 spiro atoms. The quantitative estimate of drug-likeness (QED) is 0.652. The van der Waals surface area contributed by atoms with Crippen molar-refractivity contribution in [3.05, 3.63) is 46.2 Å². The van der Waals surface area contributed by atoms with Gasteiger partial charge in [-0.15, -0.1) is 11.3 Å². The van der Waals surface area contributed by atoms with E-state index in [0.717, 1.165) is 12.1 Å². The van der Waals surface area contributed by atoms with Gasteiger partial charge in [0.1, 0.15) is 11.8 Å². The number of aliphatic hydroxyl groups excluding tert-OH is 1. The van der Waals surface area contributed by atoms with Crippen molar-refractivity contribution in [1.82, 2.24) is 5.32 Å². The lowest BCUT2D eigenvalue weighted by molar-refractivity contribution is -0.121. The van der Waals surface area contributed by atoms with Crippen LogP contribution in [0.3, 0.4) is 0 Å². The van der Waals surface area contributed by atoms with Gasteiger partial charge < -0.3 is 20.5 Å². The average molecular weight is 348 g/mol. The van der Waals surface area contributed by atoms with Crippen molar-refractivity contribution in [2.45, 2.75) is 32.9 Å². The highest BCUT2D eigenvalue weighted by Gasteiger charge is 2.13. The summed E-state index contributed by atoms with van der Waals surface area (Å²) < 4.78 is 5.46. The number of ether oxygens (including phenoxy) is 1. The van der Waals surface area contributed by atoms with Crippen molar-refractivity contribution in [3.8, 4) is 5.75 Å². The van der Waals surface area contributed by atoms with Gasteiger partial charge in [0, 0.05) is 22.7 Å². The van der Waals surface area contributed by atoms with Gasteiger partial charge in [-0.25, -0.2) is 0 Å². The van der Waals surface area contributed by atoms with E-state index in [4.69, 9.17) is 4.74 Å². The van der Waals surface area contributed by atoms with Crippen LogP contribution in [0, 0.1) is 0 Å². The van der Waals surface area contributed by atoms with Gasteiger partial charge in [0.05, 0.1) is 13.2 Å². The van der Waals surface area contributed by atoms with E-state index in [9.17, 15) is 9.90 Å². The maximum atomic E-state index is 12.2. The molecule has 24 heavy (non-hydrogen) atoms. The van der Waals surface area contributed by atoms with E-state index in [1.54, 1.807) is 23.5 Å². The molecule has 0 saturated carbocycles. The number of carbonyl (C=O) groups is 1. The zero-order valence-electron chi connectivity index (χ0n) is 14.0. The summed E-state index contributed by atoms with van der Waals surface area (Å²) in [5.74, 6) is 0.615. The van der Waals surface area contributed by atoms with Crippen molar-refractivity contribution in [2.75, 3.05) is 18.5 Å². The summed E-state index contributed by atoms with van der Waals surface area (Å²) in [4.78, 5) is 13.4. The van der Waals surface area contributed by atoms with Crippen LogP contribution in [0.25, 0.3) is 0 Å². The number of carbonyl (C=O) groups excluding carboxylic acids is 1. The number of hydrogen-bond donors (Lipinski definition) is 3. The zero-order valence-corrected chi connectivity index (χ0v) is 14.9. The minimum Gasteiger partial charge on any atom is -0.494 e. The van der Waals surface area contributed by atoms with E-state index < -0.39 is 0 Å². The van der Waals surface area contributed by atoms with Gasteiger partial charge in [0.15, 0.2) is 0 Å². The molecular formula is C18H24N2O3S. The first kappa shape index (κ1) is 18.3. The lowest BCUT2D eigenvalue weighted by atomic mass is 10.1. The molecule has 130 valence electrons. The molecule has 1 amide bonds. The molecule has 1 aromatic carbocycles. The molecule has 0 aliphatic carbocycles. The first-order chi connectivity index (χ1) is 11.6.